The zero-order chi connectivity index (χ0) is 13.9. The second-order valence-electron chi connectivity index (χ2n) is 4.00. The van der Waals surface area contributed by atoms with Crippen LogP contribution in [0.1, 0.15) is 5.56 Å². The highest BCUT2D eigenvalue weighted by molar-refractivity contribution is 7.91. The molecule has 3 nitrogen and oxygen atoms in total. The molecule has 0 saturated heterocycles. The Bertz CT molecular complexity index is 669. The predicted octanol–water partition coefficient (Wildman–Crippen LogP) is 2.91. The summed E-state index contributed by atoms with van der Waals surface area (Å²) in [7, 11) is -3.66. The smallest absolute Gasteiger partial charge is 0.236 e. The van der Waals surface area contributed by atoms with E-state index in [9.17, 15) is 17.2 Å². The summed E-state index contributed by atoms with van der Waals surface area (Å²) in [4.78, 5) is 0. The van der Waals surface area contributed by atoms with E-state index in [0.29, 0.717) is 5.56 Å². The Balaban J connectivity index is 2.13. The van der Waals surface area contributed by atoms with Gasteiger partial charge in [0.15, 0.2) is 0 Å². The van der Waals surface area contributed by atoms with Crippen LogP contribution in [0.2, 0.25) is 0 Å². The van der Waals surface area contributed by atoms with Gasteiger partial charge in [0, 0.05) is 0 Å². The van der Waals surface area contributed by atoms with E-state index in [1.165, 1.54) is 42.5 Å². The lowest BCUT2D eigenvalue weighted by Crippen LogP contribution is -2.15. The molecular formula is C13H11F2NO2S. The molecule has 0 aromatic heterocycles. The third-order valence-electron chi connectivity index (χ3n) is 2.37. The maximum Gasteiger partial charge on any atom is 0.236 e. The molecule has 0 heterocycles. The number of rotatable bonds is 4. The van der Waals surface area contributed by atoms with Crippen LogP contribution < -0.4 is 4.72 Å². The standard InChI is InChI=1S/C13H11F2NO2S/c14-11-6-4-10(5-7-11)9-19(17,18)16-13-3-1-2-12(15)8-13/h1-8,16H,9H2. The van der Waals surface area contributed by atoms with Gasteiger partial charge in [-0.05, 0) is 35.9 Å². The Hall–Kier alpha value is -1.95. The predicted molar refractivity (Wildman–Crippen MR) is 69.0 cm³/mol. The fourth-order valence-corrected chi connectivity index (χ4v) is 2.76. The number of benzene rings is 2. The number of nitrogens with one attached hydrogen (secondary N) is 1. The van der Waals surface area contributed by atoms with Gasteiger partial charge in [-0.25, -0.2) is 17.2 Å². The molecule has 2 aromatic rings. The topological polar surface area (TPSA) is 46.2 Å². The SMILES string of the molecule is O=S(=O)(Cc1ccc(F)cc1)Nc1cccc(F)c1. The van der Waals surface area contributed by atoms with Crippen molar-refractivity contribution < 1.29 is 17.2 Å². The molecule has 0 fully saturated rings. The minimum absolute atomic E-state index is 0.155. The van der Waals surface area contributed by atoms with E-state index in [2.05, 4.69) is 4.72 Å². The first kappa shape index (κ1) is 13.5. The van der Waals surface area contributed by atoms with Gasteiger partial charge in [0.05, 0.1) is 11.4 Å². The minimum atomic E-state index is -3.66. The van der Waals surface area contributed by atoms with Gasteiger partial charge in [0.25, 0.3) is 0 Å². The summed E-state index contributed by atoms with van der Waals surface area (Å²) in [5.41, 5.74) is 0.604. The van der Waals surface area contributed by atoms with Crippen molar-refractivity contribution in [3.63, 3.8) is 0 Å². The summed E-state index contributed by atoms with van der Waals surface area (Å²) in [6.07, 6.45) is 0. The normalized spacial score (nSPS) is 11.3. The van der Waals surface area contributed by atoms with Gasteiger partial charge < -0.3 is 0 Å². The summed E-state index contributed by atoms with van der Waals surface area (Å²) in [5, 5.41) is 0. The second-order valence-corrected chi connectivity index (χ2v) is 5.72. The molecule has 0 aliphatic carbocycles. The van der Waals surface area contributed by atoms with Crippen LogP contribution in [0.25, 0.3) is 0 Å². The fraction of sp³-hybridized carbons (Fsp3) is 0.0769. The lowest BCUT2D eigenvalue weighted by molar-refractivity contribution is 0.599. The quantitative estimate of drug-likeness (QED) is 0.937. The van der Waals surface area contributed by atoms with E-state index in [0.717, 1.165) is 6.07 Å². The second kappa shape index (κ2) is 5.36. The lowest BCUT2D eigenvalue weighted by atomic mass is 10.2. The summed E-state index contributed by atoms with van der Waals surface area (Å²) in [6, 6.07) is 10.3. The van der Waals surface area contributed by atoms with Crippen molar-refractivity contribution in [3.8, 4) is 0 Å². The molecule has 0 aliphatic heterocycles. The lowest BCUT2D eigenvalue weighted by Gasteiger charge is -2.08. The average Bonchev–Trinajstić information content (AvgIpc) is 2.31. The third kappa shape index (κ3) is 4.03. The van der Waals surface area contributed by atoms with Gasteiger partial charge >= 0.3 is 0 Å². The van der Waals surface area contributed by atoms with E-state index < -0.39 is 21.7 Å². The van der Waals surface area contributed by atoms with Gasteiger partial charge in [0.2, 0.25) is 10.0 Å². The Morgan fingerprint density at radius 2 is 1.63 bits per heavy atom. The largest absolute Gasteiger partial charge is 0.283 e. The van der Waals surface area contributed by atoms with Gasteiger partial charge in [-0.1, -0.05) is 18.2 Å². The number of halogens is 2. The van der Waals surface area contributed by atoms with Crippen LogP contribution in [0.15, 0.2) is 48.5 Å². The summed E-state index contributed by atoms with van der Waals surface area (Å²) >= 11 is 0. The molecule has 0 saturated carbocycles. The average molecular weight is 283 g/mol. The molecule has 0 radical (unpaired) electrons. The first-order valence-corrected chi connectivity index (χ1v) is 7.10. The fourth-order valence-electron chi connectivity index (χ4n) is 1.57. The molecule has 2 rings (SSSR count). The number of anilines is 1. The third-order valence-corrected chi connectivity index (χ3v) is 3.63. The zero-order valence-electron chi connectivity index (χ0n) is 9.81. The summed E-state index contributed by atoms with van der Waals surface area (Å²) in [5.74, 6) is -1.26. The van der Waals surface area contributed by atoms with Crippen molar-refractivity contribution in [2.45, 2.75) is 5.75 Å². The van der Waals surface area contributed by atoms with Crippen LogP contribution in [0.4, 0.5) is 14.5 Å². The highest BCUT2D eigenvalue weighted by Gasteiger charge is 2.12. The molecule has 0 amide bonds. The van der Waals surface area contributed by atoms with Crippen molar-refractivity contribution in [1.82, 2.24) is 0 Å². The molecule has 0 bridgehead atoms. The molecule has 1 N–H and O–H groups in total. The van der Waals surface area contributed by atoms with Crippen LogP contribution in [-0.4, -0.2) is 8.42 Å². The molecule has 6 heteroatoms. The van der Waals surface area contributed by atoms with Crippen LogP contribution in [-0.2, 0) is 15.8 Å². The summed E-state index contributed by atoms with van der Waals surface area (Å²) < 4.78 is 51.6. The van der Waals surface area contributed by atoms with Crippen molar-refractivity contribution in [1.29, 1.82) is 0 Å². The van der Waals surface area contributed by atoms with E-state index in [-0.39, 0.29) is 11.4 Å². The van der Waals surface area contributed by atoms with E-state index in [4.69, 9.17) is 0 Å². The minimum Gasteiger partial charge on any atom is -0.283 e. The van der Waals surface area contributed by atoms with E-state index in [1.54, 1.807) is 0 Å². The maximum absolute atomic E-state index is 12.9. The van der Waals surface area contributed by atoms with Crippen LogP contribution in [0.5, 0.6) is 0 Å². The number of sulfonamides is 1. The Labute approximate surface area is 109 Å². The Morgan fingerprint density at radius 1 is 0.947 bits per heavy atom. The highest BCUT2D eigenvalue weighted by Crippen LogP contribution is 2.14. The molecule has 0 atom stereocenters. The Morgan fingerprint density at radius 3 is 2.26 bits per heavy atom. The summed E-state index contributed by atoms with van der Waals surface area (Å²) in [6.45, 7) is 0. The maximum atomic E-state index is 12.9. The van der Waals surface area contributed by atoms with Crippen molar-refractivity contribution >= 4 is 15.7 Å². The van der Waals surface area contributed by atoms with Gasteiger partial charge in [-0.2, -0.15) is 0 Å². The monoisotopic (exact) mass is 283 g/mol. The van der Waals surface area contributed by atoms with Crippen molar-refractivity contribution in [3.05, 3.63) is 65.7 Å². The van der Waals surface area contributed by atoms with E-state index >= 15 is 0 Å². The molecule has 0 spiro atoms. The first-order valence-electron chi connectivity index (χ1n) is 5.45. The molecular weight excluding hydrogens is 272 g/mol. The molecule has 0 unspecified atom stereocenters. The highest BCUT2D eigenvalue weighted by atomic mass is 32.2. The van der Waals surface area contributed by atoms with Crippen LogP contribution >= 0.6 is 0 Å². The van der Waals surface area contributed by atoms with Gasteiger partial charge in [-0.3, -0.25) is 4.72 Å². The zero-order valence-corrected chi connectivity index (χ0v) is 10.6. The number of hydrogen-bond donors (Lipinski definition) is 1. The van der Waals surface area contributed by atoms with Gasteiger partial charge in [-0.15, -0.1) is 0 Å². The van der Waals surface area contributed by atoms with Crippen molar-refractivity contribution in [2.24, 2.45) is 0 Å². The van der Waals surface area contributed by atoms with Gasteiger partial charge in [0.1, 0.15) is 11.6 Å². The molecule has 0 aliphatic rings. The number of hydrogen-bond acceptors (Lipinski definition) is 2. The van der Waals surface area contributed by atoms with E-state index in [1.807, 2.05) is 0 Å². The molecule has 2 aromatic carbocycles. The van der Waals surface area contributed by atoms with Crippen LogP contribution in [0.3, 0.4) is 0 Å². The Kier molecular flexibility index (Phi) is 3.80. The molecule has 19 heavy (non-hydrogen) atoms. The first-order chi connectivity index (χ1) is 8.94. The van der Waals surface area contributed by atoms with Crippen LogP contribution in [0, 0.1) is 11.6 Å². The molecule has 100 valence electrons. The van der Waals surface area contributed by atoms with Crippen molar-refractivity contribution in [2.75, 3.05) is 4.72 Å².